The lowest BCUT2D eigenvalue weighted by Crippen LogP contribution is -2.33. The van der Waals surface area contributed by atoms with Crippen molar-refractivity contribution in [2.45, 2.75) is 19.3 Å². The molecule has 1 heterocycles. The summed E-state index contributed by atoms with van der Waals surface area (Å²) in [4.78, 5) is 2.46. The molecule has 1 aliphatic rings. The average molecular weight is 247 g/mol. The number of benzene rings is 1. The molecular weight excluding hydrogens is 226 g/mol. The van der Waals surface area contributed by atoms with Crippen LogP contribution in [0.2, 0.25) is 0 Å². The fourth-order valence-electron chi connectivity index (χ4n) is 2.27. The second kappa shape index (κ2) is 7.01. The molecule has 1 aliphatic heterocycles. The van der Waals surface area contributed by atoms with Crippen LogP contribution in [0.1, 0.15) is 24.8 Å². The lowest BCUT2D eigenvalue weighted by atomic mass is 10.1. The van der Waals surface area contributed by atoms with Crippen molar-refractivity contribution in [3.05, 3.63) is 29.8 Å². The molecule has 0 spiro atoms. The molecule has 98 valence electrons. The Morgan fingerprint density at radius 2 is 2.00 bits per heavy atom. The summed E-state index contributed by atoms with van der Waals surface area (Å²) in [6.45, 7) is 4.12. The maximum atomic E-state index is 5.80. The number of nitrogens with two attached hydrogens (primary N) is 1. The van der Waals surface area contributed by atoms with Crippen LogP contribution in [0.25, 0.3) is 0 Å². The highest BCUT2D eigenvalue weighted by molar-refractivity contribution is 5.83. The molecule has 0 unspecified atom stereocenters. The van der Waals surface area contributed by atoms with Crippen LogP contribution >= 0.6 is 0 Å². The first-order valence-electron chi connectivity index (χ1n) is 6.57. The Morgan fingerprint density at radius 3 is 2.78 bits per heavy atom. The highest BCUT2D eigenvalue weighted by Crippen LogP contribution is 2.16. The van der Waals surface area contributed by atoms with E-state index in [-0.39, 0.29) is 0 Å². The number of hydrogen-bond acceptors (Lipinski definition) is 4. The SMILES string of the molecule is NN=Cc1ccccc1OCCN1CCCCC1. The van der Waals surface area contributed by atoms with Gasteiger partial charge < -0.3 is 10.6 Å². The fraction of sp³-hybridized carbons (Fsp3) is 0.500. The second-order valence-corrected chi connectivity index (χ2v) is 4.57. The third-order valence-corrected chi connectivity index (χ3v) is 3.25. The first-order chi connectivity index (χ1) is 8.90. The van der Waals surface area contributed by atoms with Crippen molar-refractivity contribution in [2.75, 3.05) is 26.2 Å². The number of nitrogens with zero attached hydrogens (tertiary/aromatic N) is 2. The van der Waals surface area contributed by atoms with E-state index >= 15 is 0 Å². The van der Waals surface area contributed by atoms with Gasteiger partial charge in [-0.05, 0) is 38.1 Å². The molecule has 0 saturated carbocycles. The Labute approximate surface area is 108 Å². The number of rotatable bonds is 5. The number of likely N-dealkylation sites (tertiary alicyclic amines) is 1. The molecule has 0 bridgehead atoms. The van der Waals surface area contributed by atoms with Crippen LogP contribution in [-0.2, 0) is 0 Å². The molecule has 2 rings (SSSR count). The normalized spacial score (nSPS) is 17.1. The summed E-state index contributed by atoms with van der Waals surface area (Å²) in [6, 6.07) is 7.82. The van der Waals surface area contributed by atoms with Crippen LogP contribution in [-0.4, -0.2) is 37.4 Å². The van der Waals surface area contributed by atoms with Crippen molar-refractivity contribution in [1.82, 2.24) is 4.90 Å². The lowest BCUT2D eigenvalue weighted by molar-refractivity contribution is 0.183. The van der Waals surface area contributed by atoms with Crippen LogP contribution in [0, 0.1) is 0 Å². The van der Waals surface area contributed by atoms with E-state index in [0.29, 0.717) is 0 Å². The van der Waals surface area contributed by atoms with Gasteiger partial charge >= 0.3 is 0 Å². The largest absolute Gasteiger partial charge is 0.492 e. The van der Waals surface area contributed by atoms with Gasteiger partial charge in [0.05, 0.1) is 6.21 Å². The maximum absolute atomic E-state index is 5.80. The maximum Gasteiger partial charge on any atom is 0.128 e. The second-order valence-electron chi connectivity index (χ2n) is 4.57. The Kier molecular flexibility index (Phi) is 5.02. The average Bonchev–Trinajstić information content (AvgIpc) is 2.42. The minimum atomic E-state index is 0.718. The zero-order valence-electron chi connectivity index (χ0n) is 10.7. The predicted octanol–water partition coefficient (Wildman–Crippen LogP) is 1.84. The Bertz CT molecular complexity index is 386. The molecule has 0 radical (unpaired) electrons. The summed E-state index contributed by atoms with van der Waals surface area (Å²) in [5, 5.41) is 3.55. The van der Waals surface area contributed by atoms with E-state index in [1.165, 1.54) is 32.4 Å². The van der Waals surface area contributed by atoms with E-state index in [4.69, 9.17) is 10.6 Å². The summed E-state index contributed by atoms with van der Waals surface area (Å²) < 4.78 is 5.80. The first-order valence-corrected chi connectivity index (χ1v) is 6.57. The molecular formula is C14H21N3O. The quantitative estimate of drug-likeness (QED) is 0.491. The molecule has 4 heteroatoms. The monoisotopic (exact) mass is 247 g/mol. The van der Waals surface area contributed by atoms with E-state index in [2.05, 4.69) is 10.0 Å². The zero-order chi connectivity index (χ0) is 12.6. The number of ether oxygens (including phenoxy) is 1. The molecule has 2 N–H and O–H groups in total. The van der Waals surface area contributed by atoms with Crippen LogP contribution in [0.4, 0.5) is 0 Å². The summed E-state index contributed by atoms with van der Waals surface area (Å²) in [5.41, 5.74) is 0.929. The Hall–Kier alpha value is -1.55. The van der Waals surface area contributed by atoms with Crippen molar-refractivity contribution in [1.29, 1.82) is 0 Å². The van der Waals surface area contributed by atoms with Crippen molar-refractivity contribution in [3.8, 4) is 5.75 Å². The van der Waals surface area contributed by atoms with E-state index < -0.39 is 0 Å². The van der Waals surface area contributed by atoms with Crippen LogP contribution in [0.5, 0.6) is 5.75 Å². The van der Waals surface area contributed by atoms with Crippen molar-refractivity contribution in [3.63, 3.8) is 0 Å². The minimum Gasteiger partial charge on any atom is -0.492 e. The van der Waals surface area contributed by atoms with Gasteiger partial charge in [0.1, 0.15) is 12.4 Å². The molecule has 0 aromatic heterocycles. The molecule has 4 nitrogen and oxygen atoms in total. The van der Waals surface area contributed by atoms with Crippen LogP contribution in [0.3, 0.4) is 0 Å². The lowest BCUT2D eigenvalue weighted by Gasteiger charge is -2.26. The Morgan fingerprint density at radius 1 is 1.22 bits per heavy atom. The van der Waals surface area contributed by atoms with Gasteiger partial charge in [-0.3, -0.25) is 4.90 Å². The van der Waals surface area contributed by atoms with Gasteiger partial charge in [0.2, 0.25) is 0 Å². The molecule has 0 atom stereocenters. The molecule has 1 saturated heterocycles. The predicted molar refractivity (Wildman–Crippen MR) is 74.0 cm³/mol. The summed E-state index contributed by atoms with van der Waals surface area (Å²) in [6.07, 6.45) is 5.62. The van der Waals surface area contributed by atoms with Gasteiger partial charge in [0, 0.05) is 12.1 Å². The van der Waals surface area contributed by atoms with Gasteiger partial charge in [-0.2, -0.15) is 5.10 Å². The first kappa shape index (κ1) is 12.9. The topological polar surface area (TPSA) is 50.9 Å². The van der Waals surface area contributed by atoms with Gasteiger partial charge in [0.15, 0.2) is 0 Å². The fourth-order valence-corrected chi connectivity index (χ4v) is 2.27. The van der Waals surface area contributed by atoms with Gasteiger partial charge in [-0.1, -0.05) is 18.6 Å². The third kappa shape index (κ3) is 3.74. The van der Waals surface area contributed by atoms with Crippen molar-refractivity contribution in [2.24, 2.45) is 10.9 Å². The van der Waals surface area contributed by atoms with Crippen LogP contribution in [0.15, 0.2) is 29.4 Å². The van der Waals surface area contributed by atoms with E-state index in [1.807, 2.05) is 24.3 Å². The van der Waals surface area contributed by atoms with Gasteiger partial charge in [-0.15, -0.1) is 0 Å². The number of para-hydroxylation sites is 1. The van der Waals surface area contributed by atoms with E-state index in [0.717, 1.165) is 24.5 Å². The number of hydrazone groups is 1. The zero-order valence-corrected chi connectivity index (χ0v) is 10.7. The molecule has 1 aromatic carbocycles. The van der Waals surface area contributed by atoms with Gasteiger partial charge in [-0.25, -0.2) is 0 Å². The number of hydrogen-bond donors (Lipinski definition) is 1. The molecule has 0 amide bonds. The highest BCUT2D eigenvalue weighted by Gasteiger charge is 2.09. The van der Waals surface area contributed by atoms with E-state index in [9.17, 15) is 0 Å². The molecule has 18 heavy (non-hydrogen) atoms. The minimum absolute atomic E-state index is 0.718. The third-order valence-electron chi connectivity index (χ3n) is 3.25. The van der Waals surface area contributed by atoms with Crippen LogP contribution < -0.4 is 10.6 Å². The van der Waals surface area contributed by atoms with Crippen molar-refractivity contribution >= 4 is 6.21 Å². The summed E-state index contributed by atoms with van der Waals surface area (Å²) >= 11 is 0. The summed E-state index contributed by atoms with van der Waals surface area (Å²) in [7, 11) is 0. The van der Waals surface area contributed by atoms with Crippen molar-refractivity contribution < 1.29 is 4.74 Å². The summed E-state index contributed by atoms with van der Waals surface area (Å²) in [5.74, 6) is 6.03. The molecule has 1 aromatic rings. The number of piperidine rings is 1. The standard InChI is InChI=1S/C14H21N3O/c15-16-12-13-6-2-3-7-14(13)18-11-10-17-8-4-1-5-9-17/h2-3,6-7,12H,1,4-5,8-11,15H2. The van der Waals surface area contributed by atoms with Gasteiger partial charge in [0.25, 0.3) is 0 Å². The molecule has 1 fully saturated rings. The highest BCUT2D eigenvalue weighted by atomic mass is 16.5. The smallest absolute Gasteiger partial charge is 0.128 e. The van der Waals surface area contributed by atoms with E-state index in [1.54, 1.807) is 6.21 Å². The molecule has 0 aliphatic carbocycles. The Balaban J connectivity index is 1.82.